The molecule has 0 heterocycles. The van der Waals surface area contributed by atoms with E-state index >= 15 is 0 Å². The molecule has 0 saturated heterocycles. The lowest BCUT2D eigenvalue weighted by atomic mass is 9.95. The molecule has 0 radical (unpaired) electrons. The standard InChI is InChI=1S/C12H20O/c1-5-7-9-11(4)12(13)10(3)8-6-2/h6,8,11H,3,5,7,9H2,1-2,4H3. The first-order chi connectivity index (χ1) is 6.13. The van der Waals surface area contributed by atoms with Gasteiger partial charge in [0.2, 0.25) is 0 Å². The van der Waals surface area contributed by atoms with E-state index in [4.69, 9.17) is 0 Å². The van der Waals surface area contributed by atoms with Crippen LogP contribution in [0.4, 0.5) is 0 Å². The zero-order valence-corrected chi connectivity index (χ0v) is 8.97. The molecule has 0 aromatic heterocycles. The average molecular weight is 180 g/mol. The lowest BCUT2D eigenvalue weighted by Gasteiger charge is -2.08. The van der Waals surface area contributed by atoms with E-state index in [0.717, 1.165) is 19.3 Å². The summed E-state index contributed by atoms with van der Waals surface area (Å²) in [7, 11) is 0. The Bertz CT molecular complexity index is 201. The summed E-state index contributed by atoms with van der Waals surface area (Å²) in [5, 5.41) is 0. The number of carbonyl (C=O) groups is 1. The normalized spacial score (nSPS) is 13.2. The van der Waals surface area contributed by atoms with Crippen LogP contribution in [0, 0.1) is 5.92 Å². The lowest BCUT2D eigenvalue weighted by Crippen LogP contribution is -2.11. The van der Waals surface area contributed by atoms with Crippen molar-refractivity contribution in [3.8, 4) is 0 Å². The predicted octanol–water partition coefficient (Wildman–Crippen LogP) is 3.51. The van der Waals surface area contributed by atoms with Crippen LogP contribution < -0.4 is 0 Å². The van der Waals surface area contributed by atoms with Gasteiger partial charge in [-0.25, -0.2) is 0 Å². The smallest absolute Gasteiger partial charge is 0.165 e. The summed E-state index contributed by atoms with van der Waals surface area (Å²) in [4.78, 5) is 11.6. The molecule has 0 aromatic carbocycles. The summed E-state index contributed by atoms with van der Waals surface area (Å²) in [5.41, 5.74) is 0.631. The molecule has 0 amide bonds. The molecule has 13 heavy (non-hydrogen) atoms. The fourth-order valence-electron chi connectivity index (χ4n) is 1.24. The highest BCUT2D eigenvalue weighted by Gasteiger charge is 2.13. The van der Waals surface area contributed by atoms with Crippen molar-refractivity contribution in [2.45, 2.75) is 40.0 Å². The van der Waals surface area contributed by atoms with Gasteiger partial charge in [0.25, 0.3) is 0 Å². The molecule has 0 N–H and O–H groups in total. The van der Waals surface area contributed by atoms with Crippen LogP contribution in [0.2, 0.25) is 0 Å². The third-order valence-electron chi connectivity index (χ3n) is 2.12. The van der Waals surface area contributed by atoms with Crippen molar-refractivity contribution < 1.29 is 4.79 Å². The van der Waals surface area contributed by atoms with Crippen molar-refractivity contribution in [3.63, 3.8) is 0 Å². The average Bonchev–Trinajstić information content (AvgIpc) is 2.13. The van der Waals surface area contributed by atoms with E-state index in [1.54, 1.807) is 6.08 Å². The van der Waals surface area contributed by atoms with Crippen LogP contribution in [0.15, 0.2) is 24.3 Å². The van der Waals surface area contributed by atoms with Gasteiger partial charge in [0, 0.05) is 11.5 Å². The molecule has 0 aliphatic heterocycles. The molecule has 1 atom stereocenters. The highest BCUT2D eigenvalue weighted by atomic mass is 16.1. The van der Waals surface area contributed by atoms with Gasteiger partial charge in [0.1, 0.15) is 0 Å². The van der Waals surface area contributed by atoms with Gasteiger partial charge in [-0.3, -0.25) is 4.79 Å². The fraction of sp³-hybridized carbons (Fsp3) is 0.583. The van der Waals surface area contributed by atoms with Crippen molar-refractivity contribution in [1.82, 2.24) is 0 Å². The fourth-order valence-corrected chi connectivity index (χ4v) is 1.24. The number of allylic oxidation sites excluding steroid dienone is 3. The maximum atomic E-state index is 11.6. The molecule has 1 nitrogen and oxygen atoms in total. The number of unbranched alkanes of at least 4 members (excludes halogenated alkanes) is 1. The summed E-state index contributed by atoms with van der Waals surface area (Å²) >= 11 is 0. The molecular formula is C12H20O. The minimum atomic E-state index is 0.128. The van der Waals surface area contributed by atoms with Crippen LogP contribution in [0.1, 0.15) is 40.0 Å². The SMILES string of the molecule is C=C(C=CC)C(=O)C(C)CCCC. The zero-order chi connectivity index (χ0) is 10.3. The van der Waals surface area contributed by atoms with Gasteiger partial charge < -0.3 is 0 Å². The topological polar surface area (TPSA) is 17.1 Å². The molecule has 0 fully saturated rings. The van der Waals surface area contributed by atoms with Crippen LogP contribution in [-0.2, 0) is 4.79 Å². The Labute approximate surface area is 81.5 Å². The molecule has 0 spiro atoms. The molecule has 74 valence electrons. The van der Waals surface area contributed by atoms with E-state index in [1.165, 1.54) is 0 Å². The molecule has 0 rings (SSSR count). The Hall–Kier alpha value is -0.850. The first kappa shape index (κ1) is 12.2. The Morgan fingerprint density at radius 2 is 2.15 bits per heavy atom. The molecule has 0 aromatic rings. The summed E-state index contributed by atoms with van der Waals surface area (Å²) in [5.74, 6) is 0.315. The lowest BCUT2D eigenvalue weighted by molar-refractivity contribution is -0.118. The highest BCUT2D eigenvalue weighted by molar-refractivity contribution is 5.98. The first-order valence-electron chi connectivity index (χ1n) is 4.99. The van der Waals surface area contributed by atoms with Gasteiger partial charge in [-0.15, -0.1) is 0 Å². The summed E-state index contributed by atoms with van der Waals surface area (Å²) in [6.45, 7) is 9.75. The van der Waals surface area contributed by atoms with Crippen LogP contribution in [0.3, 0.4) is 0 Å². The Morgan fingerprint density at radius 3 is 2.62 bits per heavy atom. The van der Waals surface area contributed by atoms with Crippen LogP contribution in [0.5, 0.6) is 0 Å². The van der Waals surface area contributed by atoms with Crippen LogP contribution in [0.25, 0.3) is 0 Å². The first-order valence-corrected chi connectivity index (χ1v) is 4.99. The minimum Gasteiger partial charge on any atom is -0.294 e. The maximum absolute atomic E-state index is 11.6. The number of hydrogen-bond donors (Lipinski definition) is 0. The van der Waals surface area contributed by atoms with E-state index in [0.29, 0.717) is 5.57 Å². The number of rotatable bonds is 6. The molecule has 0 aliphatic rings. The van der Waals surface area contributed by atoms with E-state index < -0.39 is 0 Å². The number of carbonyl (C=O) groups excluding carboxylic acids is 1. The number of hydrogen-bond acceptors (Lipinski definition) is 1. The van der Waals surface area contributed by atoms with Gasteiger partial charge in [0.15, 0.2) is 5.78 Å². The summed E-state index contributed by atoms with van der Waals surface area (Å²) in [6, 6.07) is 0. The van der Waals surface area contributed by atoms with E-state index in [9.17, 15) is 4.79 Å². The quantitative estimate of drug-likeness (QED) is 0.451. The maximum Gasteiger partial charge on any atom is 0.165 e. The van der Waals surface area contributed by atoms with Gasteiger partial charge in [0.05, 0.1) is 0 Å². The predicted molar refractivity (Wildman–Crippen MR) is 57.7 cm³/mol. The Kier molecular flexibility index (Phi) is 6.21. The Morgan fingerprint density at radius 1 is 1.54 bits per heavy atom. The molecule has 0 aliphatic carbocycles. The number of ketones is 1. The third-order valence-corrected chi connectivity index (χ3v) is 2.12. The molecule has 1 heteroatoms. The second-order valence-corrected chi connectivity index (χ2v) is 3.43. The third kappa shape index (κ3) is 4.66. The van der Waals surface area contributed by atoms with Crippen molar-refractivity contribution in [2.24, 2.45) is 5.92 Å². The second-order valence-electron chi connectivity index (χ2n) is 3.43. The van der Waals surface area contributed by atoms with Crippen molar-refractivity contribution in [2.75, 3.05) is 0 Å². The van der Waals surface area contributed by atoms with E-state index in [2.05, 4.69) is 13.5 Å². The minimum absolute atomic E-state index is 0.128. The Balaban J connectivity index is 4.02. The zero-order valence-electron chi connectivity index (χ0n) is 8.97. The van der Waals surface area contributed by atoms with Gasteiger partial charge in [-0.2, -0.15) is 0 Å². The van der Waals surface area contributed by atoms with Crippen molar-refractivity contribution >= 4 is 5.78 Å². The van der Waals surface area contributed by atoms with Crippen LogP contribution >= 0.6 is 0 Å². The van der Waals surface area contributed by atoms with Gasteiger partial charge in [-0.05, 0) is 13.3 Å². The molecule has 0 saturated carbocycles. The van der Waals surface area contributed by atoms with Crippen LogP contribution in [-0.4, -0.2) is 5.78 Å². The highest BCUT2D eigenvalue weighted by Crippen LogP contribution is 2.13. The summed E-state index contributed by atoms with van der Waals surface area (Å²) < 4.78 is 0. The summed E-state index contributed by atoms with van der Waals surface area (Å²) in [6.07, 6.45) is 6.88. The van der Waals surface area contributed by atoms with Crippen molar-refractivity contribution in [3.05, 3.63) is 24.3 Å². The van der Waals surface area contributed by atoms with E-state index in [1.807, 2.05) is 19.9 Å². The largest absolute Gasteiger partial charge is 0.294 e. The van der Waals surface area contributed by atoms with Gasteiger partial charge in [-0.1, -0.05) is 45.4 Å². The molecular weight excluding hydrogens is 160 g/mol. The number of Topliss-reactive ketones (excluding diaryl/α,β-unsaturated/α-hetero) is 1. The monoisotopic (exact) mass is 180 g/mol. The molecule has 1 unspecified atom stereocenters. The second kappa shape index (κ2) is 6.64. The van der Waals surface area contributed by atoms with E-state index in [-0.39, 0.29) is 11.7 Å². The molecule has 0 bridgehead atoms. The van der Waals surface area contributed by atoms with Crippen molar-refractivity contribution in [1.29, 1.82) is 0 Å². The van der Waals surface area contributed by atoms with Gasteiger partial charge >= 0.3 is 0 Å².